The van der Waals surface area contributed by atoms with Gasteiger partial charge < -0.3 is 9.47 Å². The third-order valence-corrected chi connectivity index (χ3v) is 9.17. The highest BCUT2D eigenvalue weighted by molar-refractivity contribution is 6.30. The molecule has 0 spiro atoms. The largest absolute Gasteiger partial charge is 0.439 e. The maximum Gasteiger partial charge on any atom is 0.439 e. The lowest BCUT2D eigenvalue weighted by molar-refractivity contribution is 0.266. The minimum Gasteiger partial charge on any atom is -0.335 e. The number of aromatic amines is 1. The number of piperidine rings is 1. The molecule has 2 aliphatic rings. The van der Waals surface area contributed by atoms with Crippen LogP contribution in [-0.4, -0.2) is 36.2 Å². The van der Waals surface area contributed by atoms with Crippen molar-refractivity contribution in [2.45, 2.75) is 64.5 Å². The normalized spacial score (nSPS) is 21.0. The van der Waals surface area contributed by atoms with Crippen LogP contribution in [0.2, 0.25) is 5.02 Å². The van der Waals surface area contributed by atoms with E-state index in [4.69, 9.17) is 26.1 Å². The summed E-state index contributed by atoms with van der Waals surface area (Å²) < 4.78 is 22.3. The van der Waals surface area contributed by atoms with Gasteiger partial charge in [-0.05, 0) is 62.1 Å². The Balaban J connectivity index is 1.46. The van der Waals surface area contributed by atoms with Gasteiger partial charge in [0.1, 0.15) is 11.5 Å². The molecular formula is C32H33ClFN7O2. The highest BCUT2D eigenvalue weighted by Crippen LogP contribution is 2.41. The predicted molar refractivity (Wildman–Crippen MR) is 163 cm³/mol. The van der Waals surface area contributed by atoms with Crippen molar-refractivity contribution in [1.82, 2.24) is 29.7 Å². The fraction of sp³-hybridized carbons (Fsp3) is 0.406. The van der Waals surface area contributed by atoms with Crippen molar-refractivity contribution in [1.29, 1.82) is 0 Å². The molecule has 1 aromatic carbocycles. The van der Waals surface area contributed by atoms with E-state index in [9.17, 15) is 4.79 Å². The molecule has 1 saturated carbocycles. The average molecular weight is 602 g/mol. The second kappa shape index (κ2) is 11.6. The van der Waals surface area contributed by atoms with Crippen LogP contribution in [0.4, 0.5) is 10.3 Å². The summed E-state index contributed by atoms with van der Waals surface area (Å²) in [5.74, 6) is 1.34. The third kappa shape index (κ3) is 5.44. The Kier molecular flexibility index (Phi) is 7.46. The summed E-state index contributed by atoms with van der Waals surface area (Å²) in [5, 5.41) is 4.37. The van der Waals surface area contributed by atoms with Gasteiger partial charge in [-0.2, -0.15) is 0 Å². The molecule has 1 aliphatic carbocycles. The molecule has 5 heterocycles. The highest BCUT2D eigenvalue weighted by Gasteiger charge is 2.32. The van der Waals surface area contributed by atoms with Crippen LogP contribution in [0.5, 0.6) is 0 Å². The van der Waals surface area contributed by atoms with Crippen molar-refractivity contribution >= 4 is 28.6 Å². The minimum atomic E-state index is -0.665. The lowest BCUT2D eigenvalue weighted by Gasteiger charge is -2.38. The quantitative estimate of drug-likeness (QED) is 0.220. The number of hydrogen-bond donors (Lipinski definition) is 1. The van der Waals surface area contributed by atoms with E-state index in [-0.39, 0.29) is 17.7 Å². The smallest absolute Gasteiger partial charge is 0.335 e. The van der Waals surface area contributed by atoms with Crippen LogP contribution in [0.15, 0.2) is 58.1 Å². The number of hydrogen-bond acceptors (Lipinski definition) is 7. The van der Waals surface area contributed by atoms with E-state index in [2.05, 4.69) is 31.5 Å². The number of H-pyrrole nitrogens is 1. The minimum absolute atomic E-state index is 0.146. The van der Waals surface area contributed by atoms with E-state index in [0.29, 0.717) is 33.4 Å². The summed E-state index contributed by atoms with van der Waals surface area (Å²) in [6.07, 6.45) is 10.8. The molecule has 1 saturated heterocycles. The molecular weight excluding hydrogens is 569 g/mol. The molecule has 4 aromatic heterocycles. The number of aromatic nitrogens is 6. The van der Waals surface area contributed by atoms with Crippen LogP contribution < -0.4 is 10.7 Å². The lowest BCUT2D eigenvalue weighted by Crippen LogP contribution is -2.36. The van der Waals surface area contributed by atoms with Crippen LogP contribution in [0, 0.1) is 17.7 Å². The van der Waals surface area contributed by atoms with Crippen LogP contribution in [0.25, 0.3) is 33.8 Å². The van der Waals surface area contributed by atoms with Gasteiger partial charge in [0, 0.05) is 36.6 Å². The molecule has 1 unspecified atom stereocenters. The summed E-state index contributed by atoms with van der Waals surface area (Å²) >= 11 is 6.41. The van der Waals surface area contributed by atoms with Crippen LogP contribution in [0.1, 0.15) is 63.5 Å². The number of halogens is 2. The van der Waals surface area contributed by atoms with Crippen molar-refractivity contribution in [2.75, 3.05) is 11.4 Å². The Hall–Kier alpha value is -4.05. The SMILES string of the molecule is C[C@H]1CC[C@H](Cn2c(N3CCCCC3c3ccccc3F)nc3cc(-c4noc(=O)[nH]4)nc(-c4cncc(Cl)c4)c32)CC1. The molecule has 9 nitrogen and oxygen atoms in total. The first-order valence-electron chi connectivity index (χ1n) is 15.0. The van der Waals surface area contributed by atoms with Gasteiger partial charge in [0.05, 0.1) is 27.8 Å². The van der Waals surface area contributed by atoms with Gasteiger partial charge in [0.25, 0.3) is 0 Å². The molecule has 1 N–H and O–H groups in total. The molecule has 2 fully saturated rings. The third-order valence-electron chi connectivity index (χ3n) is 8.97. The van der Waals surface area contributed by atoms with Crippen LogP contribution in [0.3, 0.4) is 0 Å². The number of anilines is 1. The van der Waals surface area contributed by atoms with E-state index >= 15 is 4.39 Å². The first kappa shape index (κ1) is 27.8. The highest BCUT2D eigenvalue weighted by atomic mass is 35.5. The molecule has 11 heteroatoms. The Bertz CT molecular complexity index is 1820. The van der Waals surface area contributed by atoms with Gasteiger partial charge in [-0.3, -0.25) is 14.5 Å². The maximum absolute atomic E-state index is 15.2. The van der Waals surface area contributed by atoms with E-state index in [1.54, 1.807) is 18.5 Å². The maximum atomic E-state index is 15.2. The zero-order valence-corrected chi connectivity index (χ0v) is 24.7. The Morgan fingerprint density at radius 2 is 1.91 bits per heavy atom. The van der Waals surface area contributed by atoms with E-state index < -0.39 is 5.76 Å². The molecule has 222 valence electrons. The predicted octanol–water partition coefficient (Wildman–Crippen LogP) is 7.19. The summed E-state index contributed by atoms with van der Waals surface area (Å²) in [4.78, 5) is 31.3. The Morgan fingerprint density at radius 1 is 1.07 bits per heavy atom. The number of fused-ring (bicyclic) bond motifs is 1. The number of benzene rings is 1. The number of nitrogens with zero attached hydrogens (tertiary/aromatic N) is 6. The summed E-state index contributed by atoms with van der Waals surface area (Å²) in [5.41, 5.74) is 4.00. The standard InChI is InChI=1S/C32H33ClFN7O2/c1-19-9-11-20(12-10-19)18-41-29-25(37-31(41)40-13-5-4-8-27(40)23-6-2-3-7-24(23)34)15-26(30-38-32(42)43-39-30)36-28(29)21-14-22(33)17-35-16-21/h2-3,6-7,14-17,19-20,27H,4-5,8-13,18H2,1H3,(H,38,39,42)/t19-,20-,27?. The second-order valence-electron chi connectivity index (χ2n) is 11.9. The molecule has 7 rings (SSSR count). The van der Waals surface area contributed by atoms with E-state index in [1.807, 2.05) is 24.3 Å². The molecule has 1 aliphatic heterocycles. The number of pyridine rings is 2. The van der Waals surface area contributed by atoms with Crippen molar-refractivity contribution < 1.29 is 8.91 Å². The second-order valence-corrected chi connectivity index (χ2v) is 12.4. The van der Waals surface area contributed by atoms with Crippen LogP contribution >= 0.6 is 11.6 Å². The van der Waals surface area contributed by atoms with Gasteiger partial charge in [-0.1, -0.05) is 54.7 Å². The molecule has 1 atom stereocenters. The molecule has 0 radical (unpaired) electrons. The van der Waals surface area contributed by atoms with Gasteiger partial charge in [-0.25, -0.2) is 19.2 Å². The molecule has 43 heavy (non-hydrogen) atoms. The first-order valence-corrected chi connectivity index (χ1v) is 15.4. The Morgan fingerprint density at radius 3 is 2.67 bits per heavy atom. The van der Waals surface area contributed by atoms with Crippen molar-refractivity contribution in [2.24, 2.45) is 11.8 Å². The van der Waals surface area contributed by atoms with Gasteiger partial charge >= 0.3 is 5.76 Å². The van der Waals surface area contributed by atoms with Crippen molar-refractivity contribution in [3.05, 3.63) is 75.7 Å². The molecule has 0 amide bonds. The summed E-state index contributed by atoms with van der Waals surface area (Å²) in [7, 11) is 0. The first-order chi connectivity index (χ1) is 20.9. The summed E-state index contributed by atoms with van der Waals surface area (Å²) in [6.45, 7) is 3.85. The van der Waals surface area contributed by atoms with Gasteiger partial charge in [0.15, 0.2) is 0 Å². The Labute approximate surface area is 253 Å². The number of nitrogens with one attached hydrogen (secondary N) is 1. The van der Waals surface area contributed by atoms with E-state index in [0.717, 1.165) is 68.1 Å². The van der Waals surface area contributed by atoms with Gasteiger partial charge in [-0.15, -0.1) is 0 Å². The zero-order chi connectivity index (χ0) is 29.5. The monoisotopic (exact) mass is 601 g/mol. The van der Waals surface area contributed by atoms with Crippen LogP contribution in [-0.2, 0) is 6.54 Å². The number of imidazole rings is 1. The fourth-order valence-corrected chi connectivity index (χ4v) is 6.92. The average Bonchev–Trinajstić information content (AvgIpc) is 3.61. The summed E-state index contributed by atoms with van der Waals surface area (Å²) in [6, 6.07) is 10.6. The van der Waals surface area contributed by atoms with Gasteiger partial charge in [0.2, 0.25) is 11.8 Å². The molecule has 5 aromatic rings. The van der Waals surface area contributed by atoms with Crippen molar-refractivity contribution in [3.8, 4) is 22.8 Å². The van der Waals surface area contributed by atoms with E-state index in [1.165, 1.54) is 18.9 Å². The van der Waals surface area contributed by atoms with Crippen molar-refractivity contribution in [3.63, 3.8) is 0 Å². The molecule has 0 bridgehead atoms. The fourth-order valence-electron chi connectivity index (χ4n) is 6.75. The zero-order valence-electron chi connectivity index (χ0n) is 24.0. The number of rotatable bonds is 6. The lowest BCUT2D eigenvalue weighted by atomic mass is 9.83. The topological polar surface area (TPSA) is 106 Å².